The molecular weight excluding hydrogens is 416 g/mol. The highest BCUT2D eigenvalue weighted by atomic mass is 32.1. The fraction of sp³-hybridized carbons (Fsp3) is 0.130. The smallest absolute Gasteiger partial charge is 0.307 e. The van der Waals surface area contributed by atoms with Gasteiger partial charge in [0.1, 0.15) is 0 Å². The highest BCUT2D eigenvalue weighted by Gasteiger charge is 2.08. The first-order chi connectivity index (χ1) is 14.6. The van der Waals surface area contributed by atoms with Gasteiger partial charge in [-0.05, 0) is 40.1 Å². The number of amides is 1. The number of rotatable bonds is 7. The van der Waals surface area contributed by atoms with Crippen LogP contribution in [0.4, 0.5) is 0 Å². The summed E-state index contributed by atoms with van der Waals surface area (Å²) >= 11 is 2.47. The van der Waals surface area contributed by atoms with Crippen LogP contribution in [0.2, 0.25) is 0 Å². The summed E-state index contributed by atoms with van der Waals surface area (Å²) in [5, 5.41) is 14.6. The van der Waals surface area contributed by atoms with Gasteiger partial charge in [-0.3, -0.25) is 14.6 Å². The molecule has 0 fully saturated rings. The molecule has 0 unspecified atom stereocenters. The van der Waals surface area contributed by atoms with E-state index < -0.39 is 0 Å². The first-order valence-corrected chi connectivity index (χ1v) is 11.2. The van der Waals surface area contributed by atoms with Gasteiger partial charge in [-0.2, -0.15) is 0 Å². The Morgan fingerprint density at radius 1 is 1.00 bits per heavy atom. The van der Waals surface area contributed by atoms with Gasteiger partial charge in [0.05, 0.1) is 9.75 Å². The van der Waals surface area contributed by atoms with Gasteiger partial charge < -0.3 is 10.4 Å². The third kappa shape index (κ3) is 4.87. The molecule has 4 aromatic rings. The molecule has 0 aliphatic carbocycles. The Kier molecular flexibility index (Phi) is 6.11. The van der Waals surface area contributed by atoms with Gasteiger partial charge in [0.15, 0.2) is 0 Å². The highest BCUT2D eigenvalue weighted by Crippen LogP contribution is 2.24. The minimum atomic E-state index is -0.248. The normalized spacial score (nSPS) is 10.8. The Morgan fingerprint density at radius 2 is 1.83 bits per heavy atom. The van der Waals surface area contributed by atoms with E-state index in [-0.39, 0.29) is 16.7 Å². The lowest BCUT2D eigenvalue weighted by Crippen LogP contribution is -2.24. The number of carbonyl (C=O) groups is 1. The first kappa shape index (κ1) is 20.1. The summed E-state index contributed by atoms with van der Waals surface area (Å²) in [4.78, 5) is 26.9. The molecule has 0 saturated heterocycles. The summed E-state index contributed by atoms with van der Waals surface area (Å²) in [6.07, 6.45) is 1.27. The molecule has 2 aromatic carbocycles. The molecular formula is C23H20N2O3S2. The van der Waals surface area contributed by atoms with E-state index in [0.717, 1.165) is 44.9 Å². The average molecular weight is 437 g/mol. The predicted molar refractivity (Wildman–Crippen MR) is 122 cm³/mol. The number of aromatic nitrogens is 1. The molecule has 0 aliphatic rings. The molecule has 0 bridgehead atoms. The quantitative estimate of drug-likeness (QED) is 0.401. The number of benzene rings is 2. The third-order valence-electron chi connectivity index (χ3n) is 4.72. The maximum atomic E-state index is 12.0. The Labute approximate surface area is 181 Å². The van der Waals surface area contributed by atoms with Crippen molar-refractivity contribution in [3.05, 3.63) is 96.6 Å². The van der Waals surface area contributed by atoms with E-state index in [1.54, 1.807) is 0 Å². The Bertz CT molecular complexity index is 1190. The number of aromatic amines is 1. The number of nitrogens with one attached hydrogen (secondary N) is 2. The summed E-state index contributed by atoms with van der Waals surface area (Å²) in [7, 11) is 0. The largest absolute Gasteiger partial charge is 0.494 e. The minimum Gasteiger partial charge on any atom is -0.494 e. The van der Waals surface area contributed by atoms with Crippen LogP contribution in [0, 0.1) is 0 Å². The summed E-state index contributed by atoms with van der Waals surface area (Å²) in [5.74, 6) is -0.0804. The summed E-state index contributed by atoms with van der Waals surface area (Å²) in [6.45, 7) is 0.585. The van der Waals surface area contributed by atoms with Crippen LogP contribution in [0.15, 0.2) is 70.8 Å². The van der Waals surface area contributed by atoms with Crippen LogP contribution in [0.5, 0.6) is 5.88 Å². The number of aromatic hydroxyl groups is 1. The van der Waals surface area contributed by atoms with Gasteiger partial charge in [-0.1, -0.05) is 65.9 Å². The Morgan fingerprint density at radius 3 is 2.53 bits per heavy atom. The second kappa shape index (κ2) is 9.11. The van der Waals surface area contributed by atoms with E-state index in [2.05, 4.69) is 28.5 Å². The van der Waals surface area contributed by atoms with E-state index in [0.29, 0.717) is 17.8 Å². The van der Waals surface area contributed by atoms with Crippen LogP contribution in [0.25, 0.3) is 11.1 Å². The standard InChI is InChI=1S/C23H20N2O3S2/c26-21(19-5-2-12-29-19)24-11-10-15-3-1-4-18(13-15)17-8-6-16(7-9-17)14-20-22(27)25-23(28)30-20/h1-9,12-13,27H,10-11,14H2,(H,24,26)(H,25,28). The van der Waals surface area contributed by atoms with Crippen molar-refractivity contribution < 1.29 is 9.90 Å². The van der Waals surface area contributed by atoms with Crippen molar-refractivity contribution in [3.63, 3.8) is 0 Å². The van der Waals surface area contributed by atoms with Crippen LogP contribution in [0.3, 0.4) is 0 Å². The molecule has 2 aromatic heterocycles. The van der Waals surface area contributed by atoms with Crippen LogP contribution in [-0.2, 0) is 12.8 Å². The summed E-state index contributed by atoms with van der Waals surface area (Å²) < 4.78 is 0. The van der Waals surface area contributed by atoms with Gasteiger partial charge in [0.25, 0.3) is 5.91 Å². The fourth-order valence-electron chi connectivity index (χ4n) is 3.19. The van der Waals surface area contributed by atoms with E-state index in [1.807, 2.05) is 47.8 Å². The molecule has 3 N–H and O–H groups in total. The molecule has 1 amide bonds. The number of hydrogen-bond acceptors (Lipinski definition) is 5. The maximum absolute atomic E-state index is 12.0. The number of hydrogen-bond donors (Lipinski definition) is 3. The third-order valence-corrected chi connectivity index (χ3v) is 6.46. The van der Waals surface area contributed by atoms with Gasteiger partial charge in [-0.15, -0.1) is 11.3 Å². The van der Waals surface area contributed by atoms with Gasteiger partial charge in [-0.25, -0.2) is 0 Å². The van der Waals surface area contributed by atoms with E-state index in [4.69, 9.17) is 0 Å². The highest BCUT2D eigenvalue weighted by molar-refractivity contribution is 7.12. The molecule has 152 valence electrons. The Balaban J connectivity index is 1.38. The zero-order chi connectivity index (χ0) is 20.9. The Hall–Kier alpha value is -3.16. The van der Waals surface area contributed by atoms with Gasteiger partial charge in [0, 0.05) is 13.0 Å². The molecule has 2 heterocycles. The van der Waals surface area contributed by atoms with Crippen molar-refractivity contribution in [2.75, 3.05) is 6.54 Å². The molecule has 30 heavy (non-hydrogen) atoms. The van der Waals surface area contributed by atoms with Gasteiger partial charge in [0.2, 0.25) is 5.88 Å². The molecule has 0 spiro atoms. The number of carbonyl (C=O) groups excluding carboxylic acids is 1. The first-order valence-electron chi connectivity index (χ1n) is 9.49. The summed E-state index contributed by atoms with van der Waals surface area (Å²) in [5.41, 5.74) is 4.38. The lowest BCUT2D eigenvalue weighted by molar-refractivity contribution is 0.0958. The van der Waals surface area contributed by atoms with Crippen molar-refractivity contribution >= 4 is 28.6 Å². The molecule has 0 aliphatic heterocycles. The molecule has 5 nitrogen and oxygen atoms in total. The van der Waals surface area contributed by atoms with E-state index in [9.17, 15) is 14.7 Å². The van der Waals surface area contributed by atoms with Gasteiger partial charge >= 0.3 is 4.87 Å². The van der Waals surface area contributed by atoms with Crippen molar-refractivity contribution in [2.24, 2.45) is 0 Å². The average Bonchev–Trinajstić information content (AvgIpc) is 3.39. The monoisotopic (exact) mass is 436 g/mol. The van der Waals surface area contributed by atoms with Crippen LogP contribution >= 0.6 is 22.7 Å². The van der Waals surface area contributed by atoms with E-state index in [1.165, 1.54) is 11.3 Å². The molecule has 0 radical (unpaired) electrons. The molecule has 0 saturated carbocycles. The SMILES string of the molecule is O=C(NCCc1cccc(-c2ccc(Cc3sc(=O)[nH]c3O)cc2)c1)c1cccs1. The van der Waals surface area contributed by atoms with Crippen molar-refractivity contribution in [1.29, 1.82) is 0 Å². The maximum Gasteiger partial charge on any atom is 0.307 e. The number of thiophene rings is 1. The lowest BCUT2D eigenvalue weighted by atomic mass is 10.00. The molecule has 0 atom stereocenters. The summed E-state index contributed by atoms with van der Waals surface area (Å²) in [6, 6.07) is 20.1. The minimum absolute atomic E-state index is 0.0322. The van der Waals surface area contributed by atoms with Crippen LogP contribution in [-0.4, -0.2) is 22.5 Å². The van der Waals surface area contributed by atoms with Crippen LogP contribution < -0.4 is 10.2 Å². The number of H-pyrrole nitrogens is 1. The number of thiazole rings is 1. The van der Waals surface area contributed by atoms with Crippen molar-refractivity contribution in [2.45, 2.75) is 12.8 Å². The molecule has 7 heteroatoms. The zero-order valence-corrected chi connectivity index (χ0v) is 17.7. The second-order valence-corrected chi connectivity index (χ2v) is 8.86. The van der Waals surface area contributed by atoms with Crippen LogP contribution in [0.1, 0.15) is 25.7 Å². The fourth-order valence-corrected chi connectivity index (χ4v) is 4.59. The van der Waals surface area contributed by atoms with Crippen molar-refractivity contribution in [3.8, 4) is 17.0 Å². The second-order valence-electron chi connectivity index (χ2n) is 6.84. The topological polar surface area (TPSA) is 82.2 Å². The van der Waals surface area contributed by atoms with Crippen molar-refractivity contribution in [1.82, 2.24) is 10.3 Å². The predicted octanol–water partition coefficient (Wildman–Crippen LogP) is 4.43. The molecule has 4 rings (SSSR count). The zero-order valence-electron chi connectivity index (χ0n) is 16.1. The van der Waals surface area contributed by atoms with E-state index >= 15 is 0 Å². The lowest BCUT2D eigenvalue weighted by Gasteiger charge is -2.08.